The second kappa shape index (κ2) is 8.33. The molecule has 1 atom stereocenters. The third-order valence-electron chi connectivity index (χ3n) is 6.39. The fourth-order valence-corrected chi connectivity index (χ4v) is 5.56. The van der Waals surface area contributed by atoms with Gasteiger partial charge in [0.25, 0.3) is 0 Å². The molecular formula is C22H27FN8O3S. The molecule has 3 aromatic heterocycles. The van der Waals surface area contributed by atoms with Gasteiger partial charge < -0.3 is 15.4 Å². The number of benzene rings is 1. The van der Waals surface area contributed by atoms with E-state index in [9.17, 15) is 12.8 Å². The summed E-state index contributed by atoms with van der Waals surface area (Å²) in [4.78, 5) is 11.3. The Bertz CT molecular complexity index is 1560. The summed E-state index contributed by atoms with van der Waals surface area (Å²) in [5.74, 6) is 0.161. The van der Waals surface area contributed by atoms with Gasteiger partial charge in [0.15, 0.2) is 32.9 Å². The van der Waals surface area contributed by atoms with E-state index in [1.54, 1.807) is 0 Å². The van der Waals surface area contributed by atoms with E-state index >= 15 is 0 Å². The van der Waals surface area contributed by atoms with Crippen LogP contribution in [-0.4, -0.2) is 64.2 Å². The quantitative estimate of drug-likeness (QED) is 0.436. The second-order valence-corrected chi connectivity index (χ2v) is 11.1. The molecule has 0 bridgehead atoms. The number of aromatic nitrogens is 6. The van der Waals surface area contributed by atoms with Crippen LogP contribution in [0.3, 0.4) is 0 Å². The lowest BCUT2D eigenvalue weighted by Crippen LogP contribution is -2.35. The van der Waals surface area contributed by atoms with E-state index in [0.717, 1.165) is 36.5 Å². The minimum atomic E-state index is -3.23. The third-order valence-corrected chi connectivity index (χ3v) is 7.10. The van der Waals surface area contributed by atoms with Crippen molar-refractivity contribution >= 4 is 38.0 Å². The summed E-state index contributed by atoms with van der Waals surface area (Å²) in [6.07, 6.45) is 2.97. The van der Waals surface area contributed by atoms with Gasteiger partial charge in [-0.25, -0.2) is 22.8 Å². The first-order chi connectivity index (χ1) is 16.6. The average Bonchev–Trinajstić information content (AvgIpc) is 3.35. The first-order valence-electron chi connectivity index (χ1n) is 11.2. The number of hydrogen-bond acceptors (Lipinski definition) is 9. The molecule has 0 unspecified atom stereocenters. The monoisotopic (exact) mass is 502 g/mol. The van der Waals surface area contributed by atoms with Crippen LogP contribution in [0.4, 0.5) is 16.0 Å². The van der Waals surface area contributed by atoms with E-state index in [-0.39, 0.29) is 23.5 Å². The van der Waals surface area contributed by atoms with Crippen LogP contribution in [0.25, 0.3) is 16.6 Å². The van der Waals surface area contributed by atoms with E-state index in [1.165, 1.54) is 34.7 Å². The van der Waals surface area contributed by atoms with Crippen LogP contribution < -0.4 is 15.4 Å². The smallest absolute Gasteiger partial charge is 0.223 e. The van der Waals surface area contributed by atoms with Gasteiger partial charge in [-0.05, 0) is 32.8 Å². The normalized spacial score (nSPS) is 16.9. The summed E-state index contributed by atoms with van der Waals surface area (Å²) >= 11 is 0. The molecule has 5 rings (SSSR count). The fraction of sp³-hybridized carbons (Fsp3) is 0.455. The molecule has 1 aliphatic heterocycles. The average molecular weight is 503 g/mol. The number of piperidine rings is 1. The van der Waals surface area contributed by atoms with Crippen molar-refractivity contribution in [3.8, 4) is 5.75 Å². The van der Waals surface area contributed by atoms with Crippen LogP contribution in [0, 0.1) is 19.7 Å². The second-order valence-electron chi connectivity index (χ2n) is 9.04. The zero-order chi connectivity index (χ0) is 25.1. The molecule has 1 aliphatic rings. The number of nitrogens with zero attached hydrogens (tertiary/aromatic N) is 7. The highest BCUT2D eigenvalue weighted by Gasteiger charge is 2.29. The van der Waals surface area contributed by atoms with Gasteiger partial charge in [0.1, 0.15) is 5.88 Å². The molecule has 0 aliphatic carbocycles. The third kappa shape index (κ3) is 4.13. The number of fused-ring (bicyclic) bond motifs is 3. The van der Waals surface area contributed by atoms with Crippen molar-refractivity contribution in [3.05, 3.63) is 35.2 Å². The summed E-state index contributed by atoms with van der Waals surface area (Å²) in [5, 5.41) is 9.58. The molecule has 1 fully saturated rings. The Hall–Kier alpha value is -3.48. The highest BCUT2D eigenvalue weighted by Crippen LogP contribution is 2.34. The summed E-state index contributed by atoms with van der Waals surface area (Å²) in [6.45, 7) is 5.22. The number of aryl methyl sites for hydroxylation is 1. The molecule has 186 valence electrons. The summed E-state index contributed by atoms with van der Waals surface area (Å²) in [6, 6.07) is 2.84. The Labute approximate surface area is 201 Å². The van der Waals surface area contributed by atoms with Crippen molar-refractivity contribution in [1.82, 2.24) is 29.4 Å². The zero-order valence-corrected chi connectivity index (χ0v) is 20.8. The number of nitrogen functional groups attached to an aromatic ring is 1. The van der Waals surface area contributed by atoms with Crippen LogP contribution in [-0.2, 0) is 15.7 Å². The van der Waals surface area contributed by atoms with Crippen LogP contribution >= 0.6 is 0 Å². The van der Waals surface area contributed by atoms with Crippen LogP contribution in [0.5, 0.6) is 5.75 Å². The molecule has 0 saturated carbocycles. The van der Waals surface area contributed by atoms with E-state index in [1.807, 2.05) is 13.8 Å². The van der Waals surface area contributed by atoms with Gasteiger partial charge in [0.05, 0.1) is 29.7 Å². The van der Waals surface area contributed by atoms with Gasteiger partial charge in [-0.1, -0.05) is 0 Å². The first kappa shape index (κ1) is 23.3. The summed E-state index contributed by atoms with van der Waals surface area (Å²) < 4.78 is 46.1. The van der Waals surface area contributed by atoms with E-state index < -0.39 is 15.7 Å². The predicted molar refractivity (Wildman–Crippen MR) is 130 cm³/mol. The molecule has 2 N–H and O–H groups in total. The highest BCUT2D eigenvalue weighted by molar-refractivity contribution is 7.89. The minimum Gasteiger partial charge on any atom is -0.494 e. The SMILES string of the molecule is COc1cc2nc(N)n3nc([C@@H]4CCCN(c5c(C)nn(CS(C)(=O)=O)c5C)C4)nc3c2cc1F. The van der Waals surface area contributed by atoms with Gasteiger partial charge in [-0.15, -0.1) is 5.10 Å². The Morgan fingerprint density at radius 3 is 2.71 bits per heavy atom. The van der Waals surface area contributed by atoms with Crippen molar-refractivity contribution in [2.24, 2.45) is 0 Å². The van der Waals surface area contributed by atoms with Crippen molar-refractivity contribution in [1.29, 1.82) is 0 Å². The Balaban J connectivity index is 1.51. The Kier molecular flexibility index (Phi) is 5.54. The maximum absolute atomic E-state index is 14.4. The number of hydrogen-bond donors (Lipinski definition) is 1. The number of sulfone groups is 1. The molecule has 4 aromatic rings. The molecule has 1 saturated heterocycles. The number of ether oxygens (including phenoxy) is 1. The van der Waals surface area contributed by atoms with E-state index in [4.69, 9.17) is 15.5 Å². The largest absolute Gasteiger partial charge is 0.494 e. The standard InChI is InChI=1S/C22H27FN8O3S/c1-12-19(13(2)30(27-12)11-35(4,32)33)29-7-5-6-14(10-29)20-26-21-15-8-16(23)18(34-3)9-17(15)25-22(24)31(21)28-20/h8-9,14H,5-7,10-11H2,1-4H3,(H2,24,25)/t14-/m1/s1. The molecule has 13 heteroatoms. The maximum Gasteiger partial charge on any atom is 0.223 e. The molecular weight excluding hydrogens is 475 g/mol. The number of rotatable bonds is 5. The molecule has 4 heterocycles. The maximum atomic E-state index is 14.4. The molecule has 0 spiro atoms. The van der Waals surface area contributed by atoms with Gasteiger partial charge in [0, 0.05) is 36.7 Å². The molecule has 35 heavy (non-hydrogen) atoms. The minimum absolute atomic E-state index is 0.00162. The van der Waals surface area contributed by atoms with Gasteiger partial charge in [0.2, 0.25) is 5.95 Å². The number of anilines is 2. The first-order valence-corrected chi connectivity index (χ1v) is 13.3. The van der Waals surface area contributed by atoms with Crippen molar-refractivity contribution in [3.63, 3.8) is 0 Å². The van der Waals surface area contributed by atoms with Crippen molar-refractivity contribution < 1.29 is 17.5 Å². The summed E-state index contributed by atoms with van der Waals surface area (Å²) in [7, 11) is -1.83. The lowest BCUT2D eigenvalue weighted by atomic mass is 9.96. The molecule has 11 nitrogen and oxygen atoms in total. The number of halogens is 1. The highest BCUT2D eigenvalue weighted by atomic mass is 32.2. The Morgan fingerprint density at radius 2 is 2.00 bits per heavy atom. The number of nitrogens with two attached hydrogens (primary N) is 1. The number of methoxy groups -OCH3 is 1. The predicted octanol–water partition coefficient (Wildman–Crippen LogP) is 2.21. The van der Waals surface area contributed by atoms with E-state index in [0.29, 0.717) is 28.9 Å². The van der Waals surface area contributed by atoms with Crippen LogP contribution in [0.1, 0.15) is 36.0 Å². The van der Waals surface area contributed by atoms with Gasteiger partial charge >= 0.3 is 0 Å². The van der Waals surface area contributed by atoms with Crippen LogP contribution in [0.15, 0.2) is 12.1 Å². The van der Waals surface area contributed by atoms with Gasteiger partial charge in [-0.3, -0.25) is 4.68 Å². The molecule has 0 amide bonds. The van der Waals surface area contributed by atoms with Gasteiger partial charge in [-0.2, -0.15) is 9.61 Å². The topological polar surface area (TPSA) is 134 Å². The molecule has 0 radical (unpaired) electrons. The fourth-order valence-electron chi connectivity index (χ4n) is 4.86. The van der Waals surface area contributed by atoms with Crippen molar-refractivity contribution in [2.75, 3.05) is 37.1 Å². The van der Waals surface area contributed by atoms with Crippen LogP contribution in [0.2, 0.25) is 0 Å². The summed E-state index contributed by atoms with van der Waals surface area (Å²) in [5.41, 5.74) is 9.58. The zero-order valence-electron chi connectivity index (χ0n) is 20.0. The Morgan fingerprint density at radius 1 is 1.23 bits per heavy atom. The molecule has 1 aromatic carbocycles. The van der Waals surface area contributed by atoms with Crippen molar-refractivity contribution in [2.45, 2.75) is 38.5 Å². The van der Waals surface area contributed by atoms with E-state index in [2.05, 4.69) is 20.1 Å². The lowest BCUT2D eigenvalue weighted by molar-refractivity contribution is 0.387. The lowest BCUT2D eigenvalue weighted by Gasteiger charge is -2.33.